The number of benzene rings is 1. The molecule has 1 aromatic rings. The number of sulfonamides is 1. The molecule has 0 aromatic heterocycles. The molecule has 0 amide bonds. The number of aliphatic imine (C=N–C) groups is 1. The third kappa shape index (κ3) is 10.3. The molecule has 0 heterocycles. The number of halogens is 1. The van der Waals surface area contributed by atoms with Crippen LogP contribution >= 0.6 is 24.0 Å². The first-order chi connectivity index (χ1) is 11.8. The summed E-state index contributed by atoms with van der Waals surface area (Å²) in [6.07, 6.45) is 0.861. The molecule has 0 spiro atoms. The molecule has 0 radical (unpaired) electrons. The summed E-state index contributed by atoms with van der Waals surface area (Å²) in [5.41, 5.74) is 6.69. The zero-order valence-corrected chi connectivity index (χ0v) is 18.8. The number of nitrogens with two attached hydrogens (primary N) is 1. The van der Waals surface area contributed by atoms with Crippen LogP contribution < -0.4 is 15.8 Å². The highest BCUT2D eigenvalue weighted by molar-refractivity contribution is 14.0. The summed E-state index contributed by atoms with van der Waals surface area (Å²) in [4.78, 5) is 4.49. The molecule has 0 bridgehead atoms. The normalized spacial score (nSPS) is 12.1. The van der Waals surface area contributed by atoms with E-state index in [1.807, 2.05) is 20.8 Å². The fourth-order valence-electron chi connectivity index (χ4n) is 1.90. The molecule has 1 rings (SSSR count). The Morgan fingerprint density at radius 2 is 1.92 bits per heavy atom. The summed E-state index contributed by atoms with van der Waals surface area (Å²) in [6, 6.07) is 6.66. The van der Waals surface area contributed by atoms with Crippen LogP contribution in [0.2, 0.25) is 0 Å². The molecule has 1 aromatic carbocycles. The van der Waals surface area contributed by atoms with Gasteiger partial charge in [0, 0.05) is 26.3 Å². The third-order valence-electron chi connectivity index (χ3n) is 3.32. The van der Waals surface area contributed by atoms with Crippen molar-refractivity contribution in [2.75, 3.05) is 26.3 Å². The Labute approximate surface area is 174 Å². The van der Waals surface area contributed by atoms with Crippen LogP contribution in [0.1, 0.15) is 32.8 Å². The lowest BCUT2D eigenvalue weighted by Crippen LogP contribution is -2.32. The number of rotatable bonds is 11. The summed E-state index contributed by atoms with van der Waals surface area (Å²) in [5, 5.41) is 3.02. The van der Waals surface area contributed by atoms with Crippen molar-refractivity contribution in [3.8, 4) is 0 Å². The van der Waals surface area contributed by atoms with Crippen LogP contribution in [0, 0.1) is 5.92 Å². The summed E-state index contributed by atoms with van der Waals surface area (Å²) in [7, 11) is -3.46. The van der Waals surface area contributed by atoms with Crippen LogP contribution in [0.5, 0.6) is 0 Å². The van der Waals surface area contributed by atoms with Gasteiger partial charge < -0.3 is 15.8 Å². The highest BCUT2D eigenvalue weighted by atomic mass is 127. The Bertz CT molecular complexity index is 634. The lowest BCUT2D eigenvalue weighted by Gasteiger charge is -2.09. The van der Waals surface area contributed by atoms with Gasteiger partial charge in [0.15, 0.2) is 5.96 Å². The van der Waals surface area contributed by atoms with Gasteiger partial charge in [0.05, 0.1) is 11.4 Å². The van der Waals surface area contributed by atoms with Gasteiger partial charge in [-0.2, -0.15) is 0 Å². The zero-order valence-electron chi connectivity index (χ0n) is 15.7. The van der Waals surface area contributed by atoms with Gasteiger partial charge in [0.25, 0.3) is 0 Å². The molecular formula is C17H31IN4O3S. The van der Waals surface area contributed by atoms with Gasteiger partial charge in [0.1, 0.15) is 0 Å². The largest absolute Gasteiger partial charge is 0.382 e. The molecule has 0 saturated carbocycles. The first-order valence-electron chi connectivity index (χ1n) is 8.55. The number of ether oxygens (including phenoxy) is 1. The quantitative estimate of drug-likeness (QED) is 0.188. The number of hydrogen-bond donors (Lipinski definition) is 3. The van der Waals surface area contributed by atoms with E-state index in [2.05, 4.69) is 15.0 Å². The van der Waals surface area contributed by atoms with E-state index in [9.17, 15) is 8.42 Å². The van der Waals surface area contributed by atoms with Crippen molar-refractivity contribution in [1.29, 1.82) is 0 Å². The number of nitrogens with one attached hydrogen (secondary N) is 2. The van der Waals surface area contributed by atoms with Crippen LogP contribution in [0.25, 0.3) is 0 Å². The molecule has 150 valence electrons. The van der Waals surface area contributed by atoms with Crippen molar-refractivity contribution in [2.45, 2.75) is 38.6 Å². The highest BCUT2D eigenvalue weighted by Crippen LogP contribution is 2.11. The molecule has 0 unspecified atom stereocenters. The van der Waals surface area contributed by atoms with Crippen LogP contribution in [0.15, 0.2) is 34.2 Å². The number of hydrogen-bond acceptors (Lipinski definition) is 4. The van der Waals surface area contributed by atoms with Crippen LogP contribution in [-0.2, 0) is 21.3 Å². The SMILES string of the molecule is CCOCCCNC(N)=NCc1ccc(S(=O)(=O)NCC(C)C)cc1.I. The fourth-order valence-corrected chi connectivity index (χ4v) is 3.11. The summed E-state index contributed by atoms with van der Waals surface area (Å²) in [6.45, 7) is 8.79. The predicted octanol–water partition coefficient (Wildman–Crippen LogP) is 2.07. The summed E-state index contributed by atoms with van der Waals surface area (Å²) >= 11 is 0. The van der Waals surface area contributed by atoms with E-state index in [1.54, 1.807) is 24.3 Å². The molecule has 4 N–H and O–H groups in total. The number of nitrogens with zero attached hydrogens (tertiary/aromatic N) is 1. The Morgan fingerprint density at radius 1 is 1.27 bits per heavy atom. The van der Waals surface area contributed by atoms with E-state index in [-0.39, 0.29) is 34.8 Å². The molecule has 26 heavy (non-hydrogen) atoms. The standard InChI is InChI=1S/C17H30N4O3S.HI/c1-4-24-11-5-10-19-17(18)20-13-15-6-8-16(9-7-15)25(22,23)21-12-14(2)3;/h6-9,14,21H,4-5,10-13H2,1-3H3,(H3,18,19,20);1H. The van der Waals surface area contributed by atoms with Gasteiger partial charge in [-0.25, -0.2) is 18.1 Å². The minimum atomic E-state index is -3.46. The molecule has 7 nitrogen and oxygen atoms in total. The number of guanidine groups is 1. The van der Waals surface area contributed by atoms with Crippen LogP contribution in [0.4, 0.5) is 0 Å². The molecule has 0 atom stereocenters. The summed E-state index contributed by atoms with van der Waals surface area (Å²) < 4.78 is 32.1. The van der Waals surface area contributed by atoms with Gasteiger partial charge in [-0.05, 0) is 37.0 Å². The van der Waals surface area contributed by atoms with Gasteiger partial charge in [-0.15, -0.1) is 24.0 Å². The van der Waals surface area contributed by atoms with Gasteiger partial charge >= 0.3 is 0 Å². The molecule has 0 aliphatic rings. The second kappa shape index (κ2) is 13.3. The highest BCUT2D eigenvalue weighted by Gasteiger charge is 2.13. The van der Waals surface area contributed by atoms with Crippen molar-refractivity contribution >= 4 is 40.0 Å². The van der Waals surface area contributed by atoms with E-state index in [4.69, 9.17) is 10.5 Å². The topological polar surface area (TPSA) is 106 Å². The molecule has 0 aliphatic heterocycles. The maximum Gasteiger partial charge on any atom is 0.240 e. The van der Waals surface area contributed by atoms with Crippen LogP contribution in [-0.4, -0.2) is 40.7 Å². The molecule has 0 aliphatic carbocycles. The lowest BCUT2D eigenvalue weighted by molar-refractivity contribution is 0.145. The van der Waals surface area contributed by atoms with E-state index in [0.29, 0.717) is 38.8 Å². The predicted molar refractivity (Wildman–Crippen MR) is 116 cm³/mol. The zero-order chi connectivity index (χ0) is 18.7. The van der Waals surface area contributed by atoms with E-state index >= 15 is 0 Å². The third-order valence-corrected chi connectivity index (χ3v) is 4.76. The van der Waals surface area contributed by atoms with Crippen molar-refractivity contribution in [3.05, 3.63) is 29.8 Å². The lowest BCUT2D eigenvalue weighted by atomic mass is 10.2. The maximum atomic E-state index is 12.1. The maximum absolute atomic E-state index is 12.1. The average molecular weight is 498 g/mol. The van der Waals surface area contributed by atoms with E-state index in [0.717, 1.165) is 12.0 Å². The minimum Gasteiger partial charge on any atom is -0.382 e. The molecular weight excluding hydrogens is 467 g/mol. The Hall–Kier alpha value is -0.910. The Kier molecular flexibility index (Phi) is 12.8. The van der Waals surface area contributed by atoms with Crippen LogP contribution in [0.3, 0.4) is 0 Å². The van der Waals surface area contributed by atoms with E-state index in [1.165, 1.54) is 0 Å². The van der Waals surface area contributed by atoms with Gasteiger partial charge in [-0.3, -0.25) is 0 Å². The summed E-state index contributed by atoms with van der Waals surface area (Å²) in [5.74, 6) is 0.624. The fraction of sp³-hybridized carbons (Fsp3) is 0.588. The average Bonchev–Trinajstić information content (AvgIpc) is 2.58. The van der Waals surface area contributed by atoms with Crippen molar-refractivity contribution in [1.82, 2.24) is 10.0 Å². The monoisotopic (exact) mass is 498 g/mol. The first-order valence-corrected chi connectivity index (χ1v) is 10.0. The first kappa shape index (κ1) is 25.1. The van der Waals surface area contributed by atoms with Crippen molar-refractivity contribution in [2.24, 2.45) is 16.6 Å². The van der Waals surface area contributed by atoms with Gasteiger partial charge in [0.2, 0.25) is 10.0 Å². The van der Waals surface area contributed by atoms with Crippen molar-refractivity contribution in [3.63, 3.8) is 0 Å². The molecule has 0 fully saturated rings. The Morgan fingerprint density at radius 3 is 2.50 bits per heavy atom. The van der Waals surface area contributed by atoms with Gasteiger partial charge in [-0.1, -0.05) is 26.0 Å². The Balaban J connectivity index is 0.00000625. The second-order valence-corrected chi connectivity index (χ2v) is 7.84. The molecule has 9 heteroatoms. The van der Waals surface area contributed by atoms with Crippen molar-refractivity contribution < 1.29 is 13.2 Å². The van der Waals surface area contributed by atoms with E-state index < -0.39 is 10.0 Å². The smallest absolute Gasteiger partial charge is 0.240 e. The molecule has 0 saturated heterocycles. The second-order valence-electron chi connectivity index (χ2n) is 6.07. The minimum absolute atomic E-state index is 0.